The van der Waals surface area contributed by atoms with Crippen molar-refractivity contribution in [1.82, 2.24) is 25.1 Å². The van der Waals surface area contributed by atoms with Crippen LogP contribution in [0, 0.1) is 0 Å². The molecule has 2 N–H and O–H groups in total. The minimum Gasteiger partial charge on any atom is -0.495 e. The Balaban J connectivity index is 1.51. The van der Waals surface area contributed by atoms with E-state index in [1.807, 2.05) is 4.90 Å². The van der Waals surface area contributed by atoms with E-state index in [0.717, 1.165) is 0 Å². The molecule has 4 rings (SSSR count). The molecule has 0 spiro atoms. The number of alkyl halides is 4. The number of benzene rings is 2. The Labute approximate surface area is 246 Å². The molecule has 2 heterocycles. The Morgan fingerprint density at radius 2 is 1.98 bits per heavy atom. The summed E-state index contributed by atoms with van der Waals surface area (Å²) in [5, 5.41) is 5.60. The van der Waals surface area contributed by atoms with E-state index >= 15 is 0 Å². The average molecular weight is 605 g/mol. The van der Waals surface area contributed by atoms with Crippen LogP contribution in [0.2, 0.25) is 0 Å². The molecule has 230 valence electrons. The van der Waals surface area contributed by atoms with Gasteiger partial charge in [-0.3, -0.25) is 9.59 Å². The van der Waals surface area contributed by atoms with Crippen LogP contribution in [0.15, 0.2) is 42.6 Å². The maximum atomic E-state index is 13.8. The minimum atomic E-state index is -4.83. The van der Waals surface area contributed by atoms with Crippen molar-refractivity contribution in [2.45, 2.75) is 32.2 Å². The van der Waals surface area contributed by atoms with E-state index in [2.05, 4.69) is 20.6 Å². The number of aromatic nitrogens is 2. The quantitative estimate of drug-likeness (QED) is 0.219. The summed E-state index contributed by atoms with van der Waals surface area (Å²) >= 11 is 0. The van der Waals surface area contributed by atoms with Crippen molar-refractivity contribution in [3.05, 3.63) is 64.8 Å². The SMILES string of the molecule is COc1cc(C(=O)NCCCN(C)C[C@H](C)F)ccc1Nc1ncc(C(F)(F)F)c(Oc2cccc3c2C(=O)N(C)C3)n1. The molecule has 0 bridgehead atoms. The summed E-state index contributed by atoms with van der Waals surface area (Å²) in [5.41, 5.74) is 0.141. The fourth-order valence-electron chi connectivity index (χ4n) is 4.59. The van der Waals surface area contributed by atoms with E-state index in [1.54, 1.807) is 26.2 Å². The van der Waals surface area contributed by atoms with Crippen molar-refractivity contribution in [3.8, 4) is 17.4 Å². The molecule has 2 aromatic carbocycles. The zero-order valence-electron chi connectivity index (χ0n) is 24.1. The summed E-state index contributed by atoms with van der Waals surface area (Å²) in [4.78, 5) is 36.3. The first-order chi connectivity index (χ1) is 20.4. The van der Waals surface area contributed by atoms with Gasteiger partial charge in [0.2, 0.25) is 11.8 Å². The van der Waals surface area contributed by atoms with Crippen molar-refractivity contribution >= 4 is 23.5 Å². The predicted octanol–water partition coefficient (Wildman–Crippen LogP) is 5.04. The monoisotopic (exact) mass is 604 g/mol. The molecule has 0 saturated carbocycles. The van der Waals surface area contributed by atoms with Gasteiger partial charge in [0, 0.05) is 38.4 Å². The van der Waals surface area contributed by atoms with Gasteiger partial charge in [-0.15, -0.1) is 0 Å². The number of nitrogens with zero attached hydrogens (tertiary/aromatic N) is 4. The summed E-state index contributed by atoms with van der Waals surface area (Å²) in [5.74, 6) is -1.60. The van der Waals surface area contributed by atoms with Crippen LogP contribution < -0.4 is 20.1 Å². The first-order valence-electron chi connectivity index (χ1n) is 13.4. The molecule has 3 aromatic rings. The van der Waals surface area contributed by atoms with E-state index in [0.29, 0.717) is 44.4 Å². The van der Waals surface area contributed by atoms with Crippen LogP contribution in [0.25, 0.3) is 0 Å². The highest BCUT2D eigenvalue weighted by Crippen LogP contribution is 2.40. The molecule has 10 nitrogen and oxygen atoms in total. The summed E-state index contributed by atoms with van der Waals surface area (Å²) < 4.78 is 65.6. The average Bonchev–Trinajstić information content (AvgIpc) is 3.24. The second-order valence-electron chi connectivity index (χ2n) is 10.2. The van der Waals surface area contributed by atoms with Gasteiger partial charge in [-0.05, 0) is 56.8 Å². The number of hydrogen-bond donors (Lipinski definition) is 2. The molecule has 1 atom stereocenters. The van der Waals surface area contributed by atoms with Crippen LogP contribution in [0.4, 0.5) is 29.2 Å². The van der Waals surface area contributed by atoms with Crippen LogP contribution in [0.1, 0.15) is 45.2 Å². The molecule has 1 aliphatic heterocycles. The van der Waals surface area contributed by atoms with Gasteiger partial charge >= 0.3 is 6.18 Å². The normalized spacial score (nSPS) is 13.6. The van der Waals surface area contributed by atoms with Crippen molar-refractivity contribution in [2.24, 2.45) is 0 Å². The van der Waals surface area contributed by atoms with Gasteiger partial charge in [0.05, 0.1) is 18.4 Å². The number of hydrogen-bond acceptors (Lipinski definition) is 8. The fraction of sp³-hybridized carbons (Fsp3) is 0.379. The molecule has 43 heavy (non-hydrogen) atoms. The smallest absolute Gasteiger partial charge is 0.423 e. The highest BCUT2D eigenvalue weighted by molar-refractivity contribution is 6.01. The summed E-state index contributed by atoms with van der Waals surface area (Å²) in [7, 11) is 4.76. The molecule has 2 amide bonds. The van der Waals surface area contributed by atoms with Gasteiger partial charge in [0.15, 0.2) is 0 Å². The van der Waals surface area contributed by atoms with E-state index in [9.17, 15) is 27.2 Å². The van der Waals surface area contributed by atoms with Crippen molar-refractivity contribution < 1.29 is 36.6 Å². The zero-order valence-corrected chi connectivity index (χ0v) is 24.1. The van der Waals surface area contributed by atoms with Crippen LogP contribution in [-0.2, 0) is 12.7 Å². The number of amides is 2. The molecule has 14 heteroatoms. The Morgan fingerprint density at radius 1 is 1.21 bits per heavy atom. The van der Waals surface area contributed by atoms with Crippen LogP contribution in [-0.4, -0.2) is 78.6 Å². The number of ether oxygens (including phenoxy) is 2. The standard InChI is InChI=1S/C29H32F4N6O4/c1-17(30)15-38(2)12-6-11-34-25(40)18-9-10-21(23(13-18)42-4)36-28-35-14-20(29(31,32)33)26(37-28)43-22-8-5-7-19-16-39(3)27(41)24(19)22/h5,7-10,13-14,17H,6,11-12,15-16H2,1-4H3,(H,34,40)(H,35,36,37)/t17-/m0/s1. The number of halogens is 4. The van der Waals surface area contributed by atoms with E-state index in [-0.39, 0.29) is 46.1 Å². The molecule has 1 aliphatic rings. The number of methoxy groups -OCH3 is 1. The molecule has 0 radical (unpaired) electrons. The summed E-state index contributed by atoms with van der Waals surface area (Å²) in [6.07, 6.45) is -4.57. The van der Waals surface area contributed by atoms with Gasteiger partial charge in [-0.25, -0.2) is 9.37 Å². The lowest BCUT2D eigenvalue weighted by atomic mass is 10.1. The summed E-state index contributed by atoms with van der Waals surface area (Å²) in [6.45, 7) is 3.08. The Hall–Kier alpha value is -4.46. The first kappa shape index (κ1) is 31.5. The van der Waals surface area contributed by atoms with Gasteiger partial charge in [-0.1, -0.05) is 12.1 Å². The third kappa shape index (κ3) is 7.69. The molecular formula is C29H32F4N6O4. The van der Waals surface area contributed by atoms with E-state index < -0.39 is 23.8 Å². The number of fused-ring (bicyclic) bond motifs is 1. The highest BCUT2D eigenvalue weighted by atomic mass is 19.4. The van der Waals surface area contributed by atoms with Gasteiger partial charge in [0.1, 0.15) is 23.2 Å². The number of carbonyl (C=O) groups excluding carboxylic acids is 2. The lowest BCUT2D eigenvalue weighted by molar-refractivity contribution is -0.139. The maximum Gasteiger partial charge on any atom is 0.423 e. The number of nitrogens with one attached hydrogen (secondary N) is 2. The van der Waals surface area contributed by atoms with Crippen LogP contribution in [0.3, 0.4) is 0 Å². The highest BCUT2D eigenvalue weighted by Gasteiger charge is 2.37. The number of carbonyl (C=O) groups is 2. The minimum absolute atomic E-state index is 0.0569. The van der Waals surface area contributed by atoms with Crippen LogP contribution >= 0.6 is 0 Å². The molecular weight excluding hydrogens is 572 g/mol. The van der Waals surface area contributed by atoms with Gasteiger partial charge in [-0.2, -0.15) is 18.2 Å². The Kier molecular flexibility index (Phi) is 9.69. The predicted molar refractivity (Wildman–Crippen MR) is 151 cm³/mol. The number of rotatable bonds is 12. The lowest BCUT2D eigenvalue weighted by Gasteiger charge is -2.17. The molecule has 0 fully saturated rings. The van der Waals surface area contributed by atoms with Crippen molar-refractivity contribution in [3.63, 3.8) is 0 Å². The van der Waals surface area contributed by atoms with E-state index in [1.165, 1.54) is 43.2 Å². The topological polar surface area (TPSA) is 109 Å². The van der Waals surface area contributed by atoms with Crippen LogP contribution in [0.5, 0.6) is 17.4 Å². The van der Waals surface area contributed by atoms with E-state index in [4.69, 9.17) is 9.47 Å². The van der Waals surface area contributed by atoms with Gasteiger partial charge < -0.3 is 29.9 Å². The molecule has 1 aromatic heterocycles. The number of anilines is 2. The van der Waals surface area contributed by atoms with Crippen molar-refractivity contribution in [1.29, 1.82) is 0 Å². The largest absolute Gasteiger partial charge is 0.495 e. The zero-order chi connectivity index (χ0) is 31.3. The molecule has 0 saturated heterocycles. The third-order valence-electron chi connectivity index (χ3n) is 6.62. The Morgan fingerprint density at radius 3 is 2.67 bits per heavy atom. The van der Waals surface area contributed by atoms with Crippen molar-refractivity contribution in [2.75, 3.05) is 46.2 Å². The van der Waals surface area contributed by atoms with Gasteiger partial charge in [0.25, 0.3) is 11.8 Å². The second kappa shape index (κ2) is 13.2. The summed E-state index contributed by atoms with van der Waals surface area (Å²) in [6, 6.07) is 9.17. The molecule has 0 aliphatic carbocycles. The molecule has 0 unspecified atom stereocenters. The second-order valence-corrected chi connectivity index (χ2v) is 10.2. The maximum absolute atomic E-state index is 13.8. The third-order valence-corrected chi connectivity index (χ3v) is 6.62. The Bertz CT molecular complexity index is 1480. The first-order valence-corrected chi connectivity index (χ1v) is 13.4. The lowest BCUT2D eigenvalue weighted by Crippen LogP contribution is -2.30. The fourth-order valence-corrected chi connectivity index (χ4v) is 4.59.